The molecule has 0 aliphatic carbocycles. The molecule has 0 aromatic carbocycles. The van der Waals surface area contributed by atoms with E-state index < -0.39 is 24.5 Å². The Kier molecular flexibility index (Phi) is 8.92. The zero-order valence-electron chi connectivity index (χ0n) is 6.73. The first kappa shape index (κ1) is 13.4. The molecule has 6 heteroatoms. The van der Waals surface area contributed by atoms with Crippen molar-refractivity contribution in [3.8, 4) is 0 Å². The molecule has 0 saturated heterocycles. The smallest absolute Gasteiger partial charge is 0.333 e. The second-order valence-corrected chi connectivity index (χ2v) is 1.86. The lowest BCUT2D eigenvalue weighted by Crippen LogP contribution is -2.22. The Hall–Kier alpha value is -1.14. The first-order valence-electron chi connectivity index (χ1n) is 3.28. The number of aliphatic hydroxyl groups excluding tert-OH is 1. The van der Waals surface area contributed by atoms with Crippen molar-refractivity contribution < 1.29 is 24.9 Å². The van der Waals surface area contributed by atoms with Gasteiger partial charge >= 0.3 is 11.9 Å². The van der Waals surface area contributed by atoms with Gasteiger partial charge in [0, 0.05) is 0 Å². The van der Waals surface area contributed by atoms with Crippen LogP contribution in [0.15, 0.2) is 0 Å². The van der Waals surface area contributed by atoms with E-state index >= 15 is 0 Å². The van der Waals surface area contributed by atoms with Gasteiger partial charge in [0.2, 0.25) is 0 Å². The summed E-state index contributed by atoms with van der Waals surface area (Å²) in [5, 5.41) is 24.1. The van der Waals surface area contributed by atoms with Crippen molar-refractivity contribution in [2.24, 2.45) is 5.73 Å². The van der Waals surface area contributed by atoms with E-state index in [1.807, 2.05) is 6.92 Å². The molecule has 6 nitrogen and oxygen atoms in total. The van der Waals surface area contributed by atoms with E-state index in [1.165, 1.54) is 0 Å². The molecule has 5 N–H and O–H groups in total. The number of rotatable bonds is 3. The van der Waals surface area contributed by atoms with Gasteiger partial charge in [-0.05, 0) is 6.54 Å². The molecule has 0 amide bonds. The maximum absolute atomic E-state index is 9.72. The van der Waals surface area contributed by atoms with Crippen LogP contribution in [0.2, 0.25) is 0 Å². The zero-order chi connectivity index (χ0) is 10.1. The highest BCUT2D eigenvalue weighted by Gasteiger charge is 2.16. The van der Waals surface area contributed by atoms with Crippen molar-refractivity contribution in [3.63, 3.8) is 0 Å². The van der Waals surface area contributed by atoms with E-state index in [2.05, 4.69) is 0 Å². The fourth-order valence-corrected chi connectivity index (χ4v) is 0.253. The standard InChI is InChI=1S/C4H6O5.C2H7N/c5-2(4(8)9)1-3(6)7;1-2-3/h2,5H,1H2,(H,6,7)(H,8,9);2-3H2,1H3. The molecule has 0 aromatic rings. The summed E-state index contributed by atoms with van der Waals surface area (Å²) in [6, 6.07) is 0. The van der Waals surface area contributed by atoms with E-state index in [-0.39, 0.29) is 0 Å². The highest BCUT2D eigenvalue weighted by atomic mass is 16.4. The first-order valence-corrected chi connectivity index (χ1v) is 3.28. The summed E-state index contributed by atoms with van der Waals surface area (Å²) in [5.74, 6) is -2.85. The average Bonchev–Trinajstić information content (AvgIpc) is 1.87. The predicted molar refractivity (Wildman–Crippen MR) is 40.6 cm³/mol. The van der Waals surface area contributed by atoms with Crippen molar-refractivity contribution in [2.75, 3.05) is 6.54 Å². The molecule has 0 radical (unpaired) electrons. The van der Waals surface area contributed by atoms with E-state index in [0.717, 1.165) is 6.54 Å². The first-order chi connectivity index (χ1) is 5.45. The highest BCUT2D eigenvalue weighted by Crippen LogP contribution is 1.89. The second-order valence-electron chi connectivity index (χ2n) is 1.86. The Balaban J connectivity index is 0. The Morgan fingerprint density at radius 1 is 1.42 bits per heavy atom. The summed E-state index contributed by atoms with van der Waals surface area (Å²) in [5.41, 5.74) is 4.85. The van der Waals surface area contributed by atoms with Gasteiger partial charge in [0.1, 0.15) is 0 Å². The molecule has 0 fully saturated rings. The summed E-state index contributed by atoms with van der Waals surface area (Å²) >= 11 is 0. The average molecular weight is 179 g/mol. The lowest BCUT2D eigenvalue weighted by Gasteiger charge is -1.97. The molecule has 0 aliphatic heterocycles. The van der Waals surface area contributed by atoms with Crippen molar-refractivity contribution in [2.45, 2.75) is 19.4 Å². The van der Waals surface area contributed by atoms with Gasteiger partial charge < -0.3 is 21.1 Å². The molecule has 0 bridgehead atoms. The molecule has 0 aliphatic rings. The van der Waals surface area contributed by atoms with Crippen LogP contribution in [-0.4, -0.2) is 39.9 Å². The third-order valence-corrected chi connectivity index (χ3v) is 0.653. The predicted octanol–water partition coefficient (Wildman–Crippen LogP) is -1.13. The van der Waals surface area contributed by atoms with E-state index in [0.29, 0.717) is 0 Å². The quantitative estimate of drug-likeness (QED) is 0.435. The Bertz CT molecular complexity index is 147. The number of hydrogen-bond acceptors (Lipinski definition) is 4. The van der Waals surface area contributed by atoms with E-state index in [9.17, 15) is 9.59 Å². The molecular formula is C6H13NO5. The van der Waals surface area contributed by atoms with Gasteiger partial charge in [0.25, 0.3) is 0 Å². The molecule has 12 heavy (non-hydrogen) atoms. The van der Waals surface area contributed by atoms with E-state index in [4.69, 9.17) is 21.1 Å². The molecule has 1 atom stereocenters. The van der Waals surface area contributed by atoms with Crippen LogP contribution in [0.4, 0.5) is 0 Å². The topological polar surface area (TPSA) is 121 Å². The van der Waals surface area contributed by atoms with Gasteiger partial charge in [0.05, 0.1) is 6.42 Å². The number of hydrogen-bond donors (Lipinski definition) is 4. The number of carboxylic acids is 2. The Labute approximate surface area is 69.6 Å². The molecule has 0 rings (SSSR count). The molecule has 1 unspecified atom stereocenters. The molecule has 0 saturated carbocycles. The summed E-state index contributed by atoms with van der Waals surface area (Å²) in [4.78, 5) is 19.4. The van der Waals surface area contributed by atoms with Gasteiger partial charge in [0.15, 0.2) is 6.10 Å². The highest BCUT2D eigenvalue weighted by molar-refractivity contribution is 5.79. The number of aliphatic carboxylic acids is 2. The van der Waals surface area contributed by atoms with Crippen LogP contribution in [0.5, 0.6) is 0 Å². The minimum atomic E-state index is -1.79. The number of aliphatic hydroxyl groups is 1. The van der Waals surface area contributed by atoms with Crippen LogP contribution < -0.4 is 5.73 Å². The third-order valence-electron chi connectivity index (χ3n) is 0.653. The minimum absolute atomic E-state index is 0.750. The van der Waals surface area contributed by atoms with Gasteiger partial charge in [-0.2, -0.15) is 0 Å². The molecular weight excluding hydrogens is 166 g/mol. The monoisotopic (exact) mass is 179 g/mol. The van der Waals surface area contributed by atoms with Crippen LogP contribution >= 0.6 is 0 Å². The minimum Gasteiger partial charge on any atom is -0.481 e. The molecule has 0 spiro atoms. The third kappa shape index (κ3) is 11.6. The number of carboxylic acid groups (broad SMARTS) is 2. The largest absolute Gasteiger partial charge is 0.481 e. The SMILES string of the molecule is CCN.O=C(O)CC(O)C(=O)O. The lowest BCUT2D eigenvalue weighted by atomic mass is 10.3. The summed E-state index contributed by atoms with van der Waals surface area (Å²) in [6.07, 6.45) is -2.54. The molecule has 72 valence electrons. The van der Waals surface area contributed by atoms with Gasteiger partial charge in [-0.15, -0.1) is 0 Å². The van der Waals surface area contributed by atoms with Crippen LogP contribution in [0.3, 0.4) is 0 Å². The zero-order valence-corrected chi connectivity index (χ0v) is 6.73. The van der Waals surface area contributed by atoms with Crippen molar-refractivity contribution >= 4 is 11.9 Å². The summed E-state index contributed by atoms with van der Waals surface area (Å²) < 4.78 is 0. The van der Waals surface area contributed by atoms with Gasteiger partial charge in [-0.25, -0.2) is 4.79 Å². The molecule has 0 aromatic heterocycles. The van der Waals surface area contributed by atoms with Crippen LogP contribution in [0.1, 0.15) is 13.3 Å². The van der Waals surface area contributed by atoms with Crippen LogP contribution in [0.25, 0.3) is 0 Å². The normalized spacial score (nSPS) is 10.9. The van der Waals surface area contributed by atoms with Gasteiger partial charge in [-0.3, -0.25) is 4.79 Å². The fraction of sp³-hybridized carbons (Fsp3) is 0.667. The fourth-order valence-electron chi connectivity index (χ4n) is 0.253. The summed E-state index contributed by atoms with van der Waals surface area (Å²) in [7, 11) is 0. The van der Waals surface area contributed by atoms with Crippen molar-refractivity contribution in [1.82, 2.24) is 0 Å². The van der Waals surface area contributed by atoms with Crippen molar-refractivity contribution in [3.05, 3.63) is 0 Å². The van der Waals surface area contributed by atoms with E-state index in [1.54, 1.807) is 0 Å². The van der Waals surface area contributed by atoms with Crippen LogP contribution in [-0.2, 0) is 9.59 Å². The molecule has 0 heterocycles. The Morgan fingerprint density at radius 2 is 1.75 bits per heavy atom. The summed E-state index contributed by atoms with van der Waals surface area (Å²) in [6.45, 7) is 2.65. The maximum atomic E-state index is 9.72. The second kappa shape index (κ2) is 7.96. The maximum Gasteiger partial charge on any atom is 0.333 e. The van der Waals surface area contributed by atoms with Crippen LogP contribution in [0, 0.1) is 0 Å². The lowest BCUT2D eigenvalue weighted by molar-refractivity contribution is -0.152. The van der Waals surface area contributed by atoms with Crippen molar-refractivity contribution in [1.29, 1.82) is 0 Å². The Morgan fingerprint density at radius 3 is 1.83 bits per heavy atom. The number of carbonyl (C=O) groups is 2. The number of nitrogens with two attached hydrogens (primary N) is 1. The van der Waals surface area contributed by atoms with Gasteiger partial charge in [-0.1, -0.05) is 6.92 Å².